The largest absolute Gasteiger partial charge is 0.494 e. The predicted molar refractivity (Wildman–Crippen MR) is 91.4 cm³/mol. The lowest BCUT2D eigenvalue weighted by atomic mass is 10.3. The highest BCUT2D eigenvalue weighted by atomic mass is 16.5. The maximum absolute atomic E-state index is 5.36. The van der Waals surface area contributed by atoms with Gasteiger partial charge in [0.05, 0.1) is 25.5 Å². The molecule has 0 amide bonds. The minimum absolute atomic E-state index is 0.540. The van der Waals surface area contributed by atoms with Crippen molar-refractivity contribution < 1.29 is 4.74 Å². The molecule has 0 saturated carbocycles. The van der Waals surface area contributed by atoms with E-state index in [1.165, 1.54) is 0 Å². The molecule has 3 heterocycles. The number of anilines is 1. The van der Waals surface area contributed by atoms with Gasteiger partial charge in [-0.15, -0.1) is 0 Å². The van der Waals surface area contributed by atoms with Crippen LogP contribution in [0.15, 0.2) is 30.9 Å². The van der Waals surface area contributed by atoms with Crippen LogP contribution < -0.4 is 9.64 Å². The molecular weight excluding hydrogens is 306 g/mol. The molecule has 0 aliphatic carbocycles. The van der Waals surface area contributed by atoms with Gasteiger partial charge in [0, 0.05) is 14.1 Å². The fraction of sp³-hybridized carbons (Fsp3) is 0.250. The van der Waals surface area contributed by atoms with Crippen LogP contribution in [0.1, 0.15) is 5.82 Å². The topological polar surface area (TPSA) is 84.8 Å². The van der Waals surface area contributed by atoms with Crippen molar-refractivity contribution in [2.75, 3.05) is 26.1 Å². The number of fused-ring (bicyclic) bond motifs is 2. The fourth-order valence-electron chi connectivity index (χ4n) is 2.77. The number of benzene rings is 1. The van der Waals surface area contributed by atoms with E-state index in [0.717, 1.165) is 39.6 Å². The lowest BCUT2D eigenvalue weighted by Gasteiger charge is -2.10. The van der Waals surface area contributed by atoms with Crippen molar-refractivity contribution >= 4 is 28.0 Å². The highest BCUT2D eigenvalue weighted by molar-refractivity contribution is 5.83. The number of nitrogens with zero attached hydrogens (tertiary/aromatic N) is 6. The number of rotatable bonds is 4. The molecule has 4 rings (SSSR count). The second-order valence-electron chi connectivity index (χ2n) is 5.68. The SMILES string of the molecule is COc1cccc2[nH]c(Cn3cnc4c(N(C)C)ncnc43)nc12. The van der Waals surface area contributed by atoms with Gasteiger partial charge in [0.1, 0.15) is 23.4 Å². The second kappa shape index (κ2) is 5.48. The lowest BCUT2D eigenvalue weighted by Crippen LogP contribution is -2.11. The number of aromatic amines is 1. The zero-order valence-corrected chi connectivity index (χ0v) is 13.7. The van der Waals surface area contributed by atoms with E-state index < -0.39 is 0 Å². The third-order valence-electron chi connectivity index (χ3n) is 3.87. The summed E-state index contributed by atoms with van der Waals surface area (Å²) < 4.78 is 7.31. The van der Waals surface area contributed by atoms with E-state index in [1.807, 2.05) is 41.8 Å². The number of methoxy groups -OCH3 is 1. The average molecular weight is 323 g/mol. The molecule has 1 aromatic carbocycles. The lowest BCUT2D eigenvalue weighted by molar-refractivity contribution is 0.419. The molecule has 0 aliphatic heterocycles. The van der Waals surface area contributed by atoms with Crippen molar-refractivity contribution in [3.63, 3.8) is 0 Å². The van der Waals surface area contributed by atoms with Crippen molar-refractivity contribution in [2.45, 2.75) is 6.54 Å². The maximum Gasteiger partial charge on any atom is 0.165 e. The predicted octanol–water partition coefficient (Wildman–Crippen LogP) is 1.83. The van der Waals surface area contributed by atoms with Crippen LogP contribution in [0.25, 0.3) is 22.2 Å². The number of H-pyrrole nitrogens is 1. The van der Waals surface area contributed by atoms with Crippen LogP contribution in [-0.2, 0) is 6.54 Å². The molecule has 0 saturated heterocycles. The van der Waals surface area contributed by atoms with Crippen LogP contribution in [0.5, 0.6) is 5.75 Å². The number of nitrogens with one attached hydrogen (secondary N) is 1. The van der Waals surface area contributed by atoms with Crippen LogP contribution >= 0.6 is 0 Å². The summed E-state index contributed by atoms with van der Waals surface area (Å²) in [6, 6.07) is 5.81. The summed E-state index contributed by atoms with van der Waals surface area (Å²) in [4.78, 5) is 23.0. The van der Waals surface area contributed by atoms with E-state index in [1.54, 1.807) is 19.8 Å². The molecule has 0 unspecified atom stereocenters. The van der Waals surface area contributed by atoms with Crippen LogP contribution in [-0.4, -0.2) is 50.7 Å². The van der Waals surface area contributed by atoms with Crippen LogP contribution in [0.2, 0.25) is 0 Å². The van der Waals surface area contributed by atoms with Crippen molar-refractivity contribution in [3.8, 4) is 5.75 Å². The van der Waals surface area contributed by atoms with E-state index in [0.29, 0.717) is 6.54 Å². The van der Waals surface area contributed by atoms with E-state index in [-0.39, 0.29) is 0 Å². The molecule has 0 spiro atoms. The van der Waals surface area contributed by atoms with Gasteiger partial charge in [0.15, 0.2) is 17.0 Å². The first-order valence-corrected chi connectivity index (χ1v) is 7.52. The van der Waals surface area contributed by atoms with Crippen molar-refractivity contribution in [2.24, 2.45) is 0 Å². The van der Waals surface area contributed by atoms with Gasteiger partial charge < -0.3 is 19.2 Å². The van der Waals surface area contributed by atoms with E-state index in [4.69, 9.17) is 4.74 Å². The van der Waals surface area contributed by atoms with Crippen LogP contribution in [0.3, 0.4) is 0 Å². The van der Waals surface area contributed by atoms with Gasteiger partial charge in [-0.05, 0) is 12.1 Å². The van der Waals surface area contributed by atoms with Crippen molar-refractivity contribution in [1.82, 2.24) is 29.5 Å². The maximum atomic E-state index is 5.36. The minimum atomic E-state index is 0.540. The number of imidazole rings is 2. The third kappa shape index (κ3) is 2.23. The van der Waals surface area contributed by atoms with Gasteiger partial charge in [-0.1, -0.05) is 6.07 Å². The number of para-hydroxylation sites is 1. The van der Waals surface area contributed by atoms with Gasteiger partial charge in [-0.25, -0.2) is 19.9 Å². The molecule has 0 radical (unpaired) electrons. The van der Waals surface area contributed by atoms with Crippen molar-refractivity contribution in [1.29, 1.82) is 0 Å². The highest BCUT2D eigenvalue weighted by Gasteiger charge is 2.13. The van der Waals surface area contributed by atoms with E-state index in [2.05, 4.69) is 24.9 Å². The molecular formula is C16H17N7O. The molecule has 0 bridgehead atoms. The molecule has 24 heavy (non-hydrogen) atoms. The number of hydrogen-bond acceptors (Lipinski definition) is 6. The molecule has 0 atom stereocenters. The summed E-state index contributed by atoms with van der Waals surface area (Å²) in [5.41, 5.74) is 3.32. The molecule has 122 valence electrons. The monoisotopic (exact) mass is 323 g/mol. The van der Waals surface area contributed by atoms with Gasteiger partial charge in [0.2, 0.25) is 0 Å². The number of ether oxygens (including phenoxy) is 1. The summed E-state index contributed by atoms with van der Waals surface area (Å²) in [7, 11) is 5.52. The summed E-state index contributed by atoms with van der Waals surface area (Å²) in [5, 5.41) is 0. The quantitative estimate of drug-likeness (QED) is 0.617. The third-order valence-corrected chi connectivity index (χ3v) is 3.87. The molecule has 1 N–H and O–H groups in total. The molecule has 8 heteroatoms. The first-order chi connectivity index (χ1) is 11.7. The van der Waals surface area contributed by atoms with Crippen molar-refractivity contribution in [3.05, 3.63) is 36.7 Å². The average Bonchev–Trinajstić information content (AvgIpc) is 3.18. The van der Waals surface area contributed by atoms with E-state index in [9.17, 15) is 0 Å². The summed E-state index contributed by atoms with van der Waals surface area (Å²) in [5.74, 6) is 2.37. The minimum Gasteiger partial charge on any atom is -0.494 e. The summed E-state index contributed by atoms with van der Waals surface area (Å²) >= 11 is 0. The highest BCUT2D eigenvalue weighted by Crippen LogP contribution is 2.24. The van der Waals surface area contributed by atoms with Gasteiger partial charge in [-0.2, -0.15) is 0 Å². The Kier molecular flexibility index (Phi) is 3.30. The van der Waals surface area contributed by atoms with Crippen LogP contribution in [0.4, 0.5) is 5.82 Å². The smallest absolute Gasteiger partial charge is 0.165 e. The number of aromatic nitrogens is 6. The zero-order chi connectivity index (χ0) is 16.7. The van der Waals surface area contributed by atoms with Gasteiger partial charge in [-0.3, -0.25) is 0 Å². The van der Waals surface area contributed by atoms with Gasteiger partial charge in [0.25, 0.3) is 0 Å². The van der Waals surface area contributed by atoms with Gasteiger partial charge >= 0.3 is 0 Å². The fourth-order valence-corrected chi connectivity index (χ4v) is 2.77. The molecule has 0 aliphatic rings. The normalized spacial score (nSPS) is 11.3. The Labute approximate surface area is 138 Å². The number of hydrogen-bond donors (Lipinski definition) is 1. The standard InChI is InChI=1S/C16H17N7O/c1-22(2)15-14-16(18-8-17-15)23(9-19-14)7-12-20-10-5-4-6-11(24-3)13(10)21-12/h4-6,8-9H,7H2,1-3H3,(H,20,21). The van der Waals surface area contributed by atoms with Crippen LogP contribution in [0, 0.1) is 0 Å². The summed E-state index contributed by atoms with van der Waals surface area (Å²) in [6.45, 7) is 0.540. The Balaban J connectivity index is 1.76. The Hall–Kier alpha value is -3.16. The van der Waals surface area contributed by atoms with E-state index >= 15 is 0 Å². The molecule has 8 nitrogen and oxygen atoms in total. The molecule has 3 aromatic heterocycles. The first-order valence-electron chi connectivity index (χ1n) is 7.52. The Morgan fingerprint density at radius 3 is 2.83 bits per heavy atom. The second-order valence-corrected chi connectivity index (χ2v) is 5.68. The zero-order valence-electron chi connectivity index (χ0n) is 13.7. The molecule has 4 aromatic rings. The summed E-state index contributed by atoms with van der Waals surface area (Å²) in [6.07, 6.45) is 3.31. The Bertz CT molecular complexity index is 1020. The Morgan fingerprint density at radius 1 is 1.17 bits per heavy atom. The Morgan fingerprint density at radius 2 is 2.04 bits per heavy atom. The molecule has 0 fully saturated rings. The first kappa shape index (κ1) is 14.4.